The van der Waals surface area contributed by atoms with Crippen molar-refractivity contribution in [3.05, 3.63) is 64.7 Å². The Morgan fingerprint density at radius 1 is 1.28 bits per heavy atom. The third-order valence-corrected chi connectivity index (χ3v) is 4.74. The van der Waals surface area contributed by atoms with Crippen LogP contribution in [-0.2, 0) is 12.8 Å². The van der Waals surface area contributed by atoms with Gasteiger partial charge in [-0.15, -0.1) is 0 Å². The summed E-state index contributed by atoms with van der Waals surface area (Å²) in [6, 6.07) is 9.77. The molecule has 1 atom stereocenters. The molecule has 0 unspecified atom stereocenters. The number of H-pyrrole nitrogens is 1. The van der Waals surface area contributed by atoms with Gasteiger partial charge in [-0.3, -0.25) is 9.89 Å². The summed E-state index contributed by atoms with van der Waals surface area (Å²) in [7, 11) is 0. The molecule has 1 amide bonds. The van der Waals surface area contributed by atoms with E-state index in [-0.39, 0.29) is 11.9 Å². The summed E-state index contributed by atoms with van der Waals surface area (Å²) >= 11 is 0. The number of aromatic nitrogens is 4. The largest absolute Gasteiger partial charge is 0.349 e. The zero-order valence-electron chi connectivity index (χ0n) is 14.4. The van der Waals surface area contributed by atoms with Crippen molar-refractivity contribution in [2.75, 3.05) is 0 Å². The maximum atomic E-state index is 12.5. The van der Waals surface area contributed by atoms with E-state index >= 15 is 0 Å². The summed E-state index contributed by atoms with van der Waals surface area (Å²) < 4.78 is 1.89. The molecule has 0 aliphatic heterocycles. The smallest absolute Gasteiger partial charge is 0.251 e. The number of nitrogens with zero attached hydrogens (tertiary/aromatic N) is 3. The van der Waals surface area contributed by atoms with E-state index in [9.17, 15) is 4.79 Å². The quantitative estimate of drug-likeness (QED) is 0.772. The fourth-order valence-electron chi connectivity index (χ4n) is 3.45. The highest BCUT2D eigenvalue weighted by Crippen LogP contribution is 2.19. The molecule has 2 heterocycles. The molecule has 0 saturated heterocycles. The van der Waals surface area contributed by atoms with Crippen molar-refractivity contribution in [2.24, 2.45) is 0 Å². The summed E-state index contributed by atoms with van der Waals surface area (Å²) in [5, 5.41) is 14.7. The van der Waals surface area contributed by atoms with Crippen LogP contribution in [-0.4, -0.2) is 31.9 Å². The Hall–Kier alpha value is -2.89. The molecule has 1 aliphatic carbocycles. The molecular formula is C19H21N5O. The van der Waals surface area contributed by atoms with Crippen molar-refractivity contribution in [1.82, 2.24) is 25.3 Å². The number of hydrogen-bond donors (Lipinski definition) is 2. The Morgan fingerprint density at radius 3 is 2.80 bits per heavy atom. The summed E-state index contributed by atoms with van der Waals surface area (Å²) in [5.74, 6) is -0.0307. The maximum Gasteiger partial charge on any atom is 0.251 e. The average molecular weight is 335 g/mol. The van der Waals surface area contributed by atoms with Crippen LogP contribution in [0.25, 0.3) is 5.69 Å². The van der Waals surface area contributed by atoms with Crippen molar-refractivity contribution in [1.29, 1.82) is 0 Å². The van der Waals surface area contributed by atoms with Gasteiger partial charge in [0.2, 0.25) is 0 Å². The minimum atomic E-state index is -0.0307. The fraction of sp³-hybridized carbons (Fsp3) is 0.316. The van der Waals surface area contributed by atoms with Gasteiger partial charge < -0.3 is 5.32 Å². The Morgan fingerprint density at radius 2 is 2.08 bits per heavy atom. The number of hydrogen-bond acceptors (Lipinski definition) is 3. The molecule has 4 rings (SSSR count). The van der Waals surface area contributed by atoms with Crippen molar-refractivity contribution in [3.63, 3.8) is 0 Å². The van der Waals surface area contributed by atoms with Crippen molar-refractivity contribution < 1.29 is 4.79 Å². The number of aryl methyl sites for hydroxylation is 3. The number of carbonyl (C=O) groups is 1. The Balaban J connectivity index is 1.45. The van der Waals surface area contributed by atoms with E-state index in [4.69, 9.17) is 0 Å². The lowest BCUT2D eigenvalue weighted by Crippen LogP contribution is -2.38. The van der Waals surface area contributed by atoms with Crippen LogP contribution in [0.3, 0.4) is 0 Å². The second-order valence-corrected chi connectivity index (χ2v) is 6.67. The van der Waals surface area contributed by atoms with Gasteiger partial charge in [-0.25, -0.2) is 4.68 Å². The van der Waals surface area contributed by atoms with Gasteiger partial charge in [0.15, 0.2) is 0 Å². The molecule has 0 saturated carbocycles. The molecule has 0 bridgehead atoms. The highest BCUT2D eigenvalue weighted by molar-refractivity contribution is 5.94. The predicted octanol–water partition coefficient (Wildman–Crippen LogP) is 2.50. The lowest BCUT2D eigenvalue weighted by molar-refractivity contribution is 0.0933. The van der Waals surface area contributed by atoms with Gasteiger partial charge in [0.1, 0.15) is 0 Å². The third-order valence-electron chi connectivity index (χ3n) is 4.74. The maximum absolute atomic E-state index is 12.5. The van der Waals surface area contributed by atoms with E-state index < -0.39 is 0 Å². The van der Waals surface area contributed by atoms with Crippen LogP contribution in [0.2, 0.25) is 0 Å². The molecule has 0 radical (unpaired) electrons. The van der Waals surface area contributed by atoms with Gasteiger partial charge in [-0.1, -0.05) is 0 Å². The van der Waals surface area contributed by atoms with Gasteiger partial charge >= 0.3 is 0 Å². The van der Waals surface area contributed by atoms with Crippen molar-refractivity contribution in [2.45, 2.75) is 39.2 Å². The monoisotopic (exact) mass is 335 g/mol. The molecule has 2 aromatic heterocycles. The molecule has 6 nitrogen and oxygen atoms in total. The molecular weight excluding hydrogens is 314 g/mol. The van der Waals surface area contributed by atoms with Gasteiger partial charge in [0, 0.05) is 23.0 Å². The number of amides is 1. The van der Waals surface area contributed by atoms with Crippen LogP contribution in [0.4, 0.5) is 0 Å². The Bertz CT molecular complexity index is 906. The molecule has 1 aromatic carbocycles. The lowest BCUT2D eigenvalue weighted by atomic mass is 9.93. The number of nitrogens with one attached hydrogen (secondary N) is 2. The van der Waals surface area contributed by atoms with Gasteiger partial charge in [-0.05, 0) is 69.0 Å². The summed E-state index contributed by atoms with van der Waals surface area (Å²) in [5.41, 5.74) is 6.09. The second kappa shape index (κ2) is 6.20. The first kappa shape index (κ1) is 15.6. The Kier molecular flexibility index (Phi) is 3.87. The lowest BCUT2D eigenvalue weighted by Gasteiger charge is -2.22. The molecule has 3 aromatic rings. The summed E-state index contributed by atoms with van der Waals surface area (Å²) in [6.45, 7) is 3.99. The zero-order chi connectivity index (χ0) is 17.4. The highest BCUT2D eigenvalue weighted by atomic mass is 16.1. The van der Waals surface area contributed by atoms with Crippen LogP contribution < -0.4 is 5.32 Å². The van der Waals surface area contributed by atoms with E-state index in [1.54, 1.807) is 0 Å². The third kappa shape index (κ3) is 3.07. The number of carbonyl (C=O) groups excluding carboxylic acids is 1. The predicted molar refractivity (Wildman–Crippen MR) is 94.9 cm³/mol. The fourth-order valence-corrected chi connectivity index (χ4v) is 3.45. The van der Waals surface area contributed by atoms with Crippen LogP contribution in [0, 0.1) is 13.8 Å². The molecule has 1 aliphatic rings. The van der Waals surface area contributed by atoms with Crippen LogP contribution in [0.1, 0.15) is 39.4 Å². The molecule has 0 fully saturated rings. The van der Waals surface area contributed by atoms with Crippen LogP contribution in [0.15, 0.2) is 36.5 Å². The molecule has 25 heavy (non-hydrogen) atoms. The average Bonchev–Trinajstić information content (AvgIpc) is 3.20. The van der Waals surface area contributed by atoms with Crippen molar-refractivity contribution >= 4 is 5.91 Å². The number of benzene rings is 1. The molecule has 6 heteroatoms. The highest BCUT2D eigenvalue weighted by Gasteiger charge is 2.22. The Labute approximate surface area is 146 Å². The van der Waals surface area contributed by atoms with Crippen LogP contribution in [0.5, 0.6) is 0 Å². The van der Waals surface area contributed by atoms with Gasteiger partial charge in [0.05, 0.1) is 17.6 Å². The van der Waals surface area contributed by atoms with E-state index in [1.807, 2.05) is 55.1 Å². The summed E-state index contributed by atoms with van der Waals surface area (Å²) in [4.78, 5) is 12.5. The molecule has 128 valence electrons. The topological polar surface area (TPSA) is 75.6 Å². The number of rotatable bonds is 3. The zero-order valence-corrected chi connectivity index (χ0v) is 14.4. The SMILES string of the molecule is Cc1cc(C)n(-c2ccc(C(=O)N[C@H]3CCc4[nH]ncc4C3)cc2)n1. The first-order valence-electron chi connectivity index (χ1n) is 8.56. The van der Waals surface area contributed by atoms with Crippen molar-refractivity contribution in [3.8, 4) is 5.69 Å². The molecule has 2 N–H and O–H groups in total. The first-order valence-corrected chi connectivity index (χ1v) is 8.56. The van der Waals surface area contributed by atoms with Gasteiger partial charge in [-0.2, -0.15) is 10.2 Å². The number of fused-ring (bicyclic) bond motifs is 1. The number of aromatic amines is 1. The minimum absolute atomic E-state index is 0.0307. The van der Waals surface area contributed by atoms with E-state index in [0.717, 1.165) is 36.3 Å². The van der Waals surface area contributed by atoms with Gasteiger partial charge in [0.25, 0.3) is 5.91 Å². The second-order valence-electron chi connectivity index (χ2n) is 6.67. The van der Waals surface area contributed by atoms with Crippen LogP contribution >= 0.6 is 0 Å². The minimum Gasteiger partial charge on any atom is -0.349 e. The van der Waals surface area contributed by atoms with E-state index in [1.165, 1.54) is 11.3 Å². The standard InChI is InChI=1S/C19H21N5O/c1-12-9-13(2)24(23-12)17-6-3-14(4-7-17)19(25)21-16-5-8-18-15(10-16)11-20-22-18/h3-4,6-7,9,11,16H,5,8,10H2,1-2H3,(H,20,22)(H,21,25)/t16-/m0/s1. The molecule has 0 spiro atoms. The van der Waals surface area contributed by atoms with E-state index in [2.05, 4.69) is 20.6 Å². The van der Waals surface area contributed by atoms with E-state index in [0.29, 0.717) is 5.56 Å². The normalized spacial score (nSPS) is 16.5. The summed E-state index contributed by atoms with van der Waals surface area (Å²) in [6.07, 6.45) is 4.56. The first-order chi connectivity index (χ1) is 12.1.